The van der Waals surface area contributed by atoms with Crippen LogP contribution in [0.3, 0.4) is 0 Å². The minimum atomic E-state index is 0.977. The van der Waals surface area contributed by atoms with Crippen LogP contribution in [-0.4, -0.2) is 18.2 Å². The highest BCUT2D eigenvalue weighted by Crippen LogP contribution is 2.12. The number of allylic oxidation sites excluding steroid dienone is 1. The lowest BCUT2D eigenvalue weighted by Crippen LogP contribution is -2.06. The third-order valence-corrected chi connectivity index (χ3v) is 1.97. The number of hydroxylamine groups is 2. The number of nitrogens with one attached hydrogen (secondary N) is 1. The topological polar surface area (TPSA) is 24.3 Å². The second-order valence-corrected chi connectivity index (χ2v) is 3.24. The summed E-state index contributed by atoms with van der Waals surface area (Å²) in [4.78, 5) is 5.20. The van der Waals surface area contributed by atoms with Gasteiger partial charge in [-0.2, -0.15) is 10.0 Å². The lowest BCUT2D eigenvalue weighted by molar-refractivity contribution is -0.0258. The predicted molar refractivity (Wildman–Crippen MR) is 57.4 cm³/mol. The number of rotatable bonds is 4. The van der Waals surface area contributed by atoms with Crippen LogP contribution in [0, 0.1) is 0 Å². The van der Waals surface area contributed by atoms with E-state index in [9.17, 15) is 0 Å². The molecule has 0 amide bonds. The molecule has 1 fully saturated rings. The Labute approximate surface area is 83.9 Å². The highest BCUT2D eigenvalue weighted by Gasteiger charge is 2.18. The maximum atomic E-state index is 5.20. The summed E-state index contributed by atoms with van der Waals surface area (Å²) >= 11 is 0. The molecule has 3 nitrogen and oxygen atoms in total. The molecule has 1 aliphatic rings. The maximum absolute atomic E-state index is 5.20. The first-order valence-electron chi connectivity index (χ1n) is 4.79. The van der Waals surface area contributed by atoms with Gasteiger partial charge in [0, 0.05) is 13.1 Å². The van der Waals surface area contributed by atoms with Crippen LogP contribution < -0.4 is 5.48 Å². The molecule has 1 aromatic rings. The summed E-state index contributed by atoms with van der Waals surface area (Å²) in [7, 11) is 0. The van der Waals surface area contributed by atoms with E-state index < -0.39 is 0 Å². The molecule has 0 unspecified atom stereocenters. The van der Waals surface area contributed by atoms with Crippen molar-refractivity contribution in [2.45, 2.75) is 6.92 Å². The molecular formula is C11H14N2O. The minimum absolute atomic E-state index is 0.977. The van der Waals surface area contributed by atoms with E-state index in [2.05, 4.69) is 11.6 Å². The number of hydrogen-bond donors (Lipinski definition) is 1. The molecule has 0 aromatic heterocycles. The van der Waals surface area contributed by atoms with Gasteiger partial charge in [0.1, 0.15) is 0 Å². The molecule has 2 rings (SSSR count). The third kappa shape index (κ3) is 2.58. The van der Waals surface area contributed by atoms with Gasteiger partial charge in [-0.1, -0.05) is 24.3 Å². The van der Waals surface area contributed by atoms with Crippen LogP contribution in [0.2, 0.25) is 0 Å². The van der Waals surface area contributed by atoms with Crippen molar-refractivity contribution in [3.63, 3.8) is 0 Å². The largest absolute Gasteiger partial charge is 0.248 e. The zero-order valence-corrected chi connectivity index (χ0v) is 8.23. The first-order chi connectivity index (χ1) is 6.88. The highest BCUT2D eigenvalue weighted by atomic mass is 16.8. The normalized spacial score (nSPS) is 16.1. The summed E-state index contributed by atoms with van der Waals surface area (Å²) in [5, 5.41) is 1.85. The Bertz CT molecular complexity index is 315. The molecule has 1 aromatic carbocycles. The summed E-state index contributed by atoms with van der Waals surface area (Å²) in [5.41, 5.74) is 5.05. The molecule has 14 heavy (non-hydrogen) atoms. The van der Waals surface area contributed by atoms with Crippen LogP contribution >= 0.6 is 0 Å². The van der Waals surface area contributed by atoms with Crippen molar-refractivity contribution in [2.75, 3.05) is 18.6 Å². The standard InChI is InChI=1S/C11H14N2O/c1-2-3-10-4-6-11(7-5-10)12-14-13-8-9-13/h2-7,12H,8-9H2,1H3. The second-order valence-electron chi connectivity index (χ2n) is 3.24. The summed E-state index contributed by atoms with van der Waals surface area (Å²) in [6, 6.07) is 8.10. The van der Waals surface area contributed by atoms with Gasteiger partial charge in [0.15, 0.2) is 0 Å². The Kier molecular flexibility index (Phi) is 2.81. The van der Waals surface area contributed by atoms with Crippen molar-refractivity contribution in [3.05, 3.63) is 35.9 Å². The Morgan fingerprint density at radius 1 is 1.29 bits per heavy atom. The molecule has 3 heteroatoms. The lowest BCUT2D eigenvalue weighted by atomic mass is 10.2. The second kappa shape index (κ2) is 4.26. The summed E-state index contributed by atoms with van der Waals surface area (Å²) < 4.78 is 0. The molecule has 1 aliphatic heterocycles. The van der Waals surface area contributed by atoms with E-state index in [0.717, 1.165) is 18.8 Å². The molecule has 1 N–H and O–H groups in total. The van der Waals surface area contributed by atoms with E-state index >= 15 is 0 Å². The van der Waals surface area contributed by atoms with E-state index in [1.54, 1.807) is 0 Å². The van der Waals surface area contributed by atoms with Crippen molar-refractivity contribution in [2.24, 2.45) is 0 Å². The van der Waals surface area contributed by atoms with Gasteiger partial charge in [0.05, 0.1) is 5.69 Å². The van der Waals surface area contributed by atoms with Crippen molar-refractivity contribution < 1.29 is 4.94 Å². The molecule has 0 spiro atoms. The predicted octanol–water partition coefficient (Wildman–Crippen LogP) is 2.29. The number of benzene rings is 1. The fourth-order valence-corrected chi connectivity index (χ4v) is 1.10. The molecule has 0 aliphatic carbocycles. The number of anilines is 1. The summed E-state index contributed by atoms with van der Waals surface area (Å²) in [5.74, 6) is 0. The van der Waals surface area contributed by atoms with Gasteiger partial charge in [-0.05, 0) is 24.6 Å². The van der Waals surface area contributed by atoms with E-state index in [4.69, 9.17) is 4.94 Å². The van der Waals surface area contributed by atoms with Gasteiger partial charge < -0.3 is 0 Å². The molecule has 0 bridgehead atoms. The monoisotopic (exact) mass is 190 g/mol. The molecule has 0 saturated carbocycles. The number of hydrogen-bond acceptors (Lipinski definition) is 3. The first kappa shape index (κ1) is 9.24. The molecule has 74 valence electrons. The van der Waals surface area contributed by atoms with E-state index in [1.165, 1.54) is 5.56 Å². The first-order valence-corrected chi connectivity index (χ1v) is 4.79. The van der Waals surface area contributed by atoms with Crippen molar-refractivity contribution >= 4 is 11.8 Å². The fourth-order valence-electron chi connectivity index (χ4n) is 1.10. The molecule has 1 heterocycles. The average Bonchev–Trinajstić information content (AvgIpc) is 3.01. The Morgan fingerprint density at radius 3 is 2.57 bits per heavy atom. The fraction of sp³-hybridized carbons (Fsp3) is 0.273. The van der Waals surface area contributed by atoms with Crippen LogP contribution in [0.1, 0.15) is 12.5 Å². The van der Waals surface area contributed by atoms with Gasteiger partial charge in [-0.3, -0.25) is 0 Å². The van der Waals surface area contributed by atoms with Crippen molar-refractivity contribution in [1.82, 2.24) is 5.06 Å². The van der Waals surface area contributed by atoms with Crippen LogP contribution in [-0.2, 0) is 4.94 Å². The van der Waals surface area contributed by atoms with Gasteiger partial charge in [0.25, 0.3) is 0 Å². The molecule has 0 atom stereocenters. The Hall–Kier alpha value is -1.32. The smallest absolute Gasteiger partial charge is 0.0624 e. The Morgan fingerprint density at radius 2 is 2.00 bits per heavy atom. The van der Waals surface area contributed by atoms with Crippen molar-refractivity contribution in [3.8, 4) is 0 Å². The van der Waals surface area contributed by atoms with Crippen LogP contribution in [0.5, 0.6) is 0 Å². The van der Waals surface area contributed by atoms with Crippen LogP contribution in [0.25, 0.3) is 6.08 Å². The van der Waals surface area contributed by atoms with Gasteiger partial charge in [-0.15, -0.1) is 0 Å². The van der Waals surface area contributed by atoms with E-state index in [1.807, 2.05) is 42.3 Å². The number of nitrogens with zero attached hydrogens (tertiary/aromatic N) is 1. The minimum Gasteiger partial charge on any atom is -0.248 e. The van der Waals surface area contributed by atoms with Crippen LogP contribution in [0.15, 0.2) is 30.3 Å². The zero-order chi connectivity index (χ0) is 9.80. The van der Waals surface area contributed by atoms with Crippen LogP contribution in [0.4, 0.5) is 5.69 Å². The SMILES string of the molecule is CC=Cc1ccc(NON2CC2)cc1. The van der Waals surface area contributed by atoms with Gasteiger partial charge in [-0.25, -0.2) is 5.48 Å². The maximum Gasteiger partial charge on any atom is 0.0624 e. The summed E-state index contributed by atoms with van der Waals surface area (Å²) in [6.07, 6.45) is 4.09. The zero-order valence-electron chi connectivity index (χ0n) is 8.23. The molecular weight excluding hydrogens is 176 g/mol. The quantitative estimate of drug-likeness (QED) is 0.582. The third-order valence-electron chi connectivity index (χ3n) is 1.97. The lowest BCUT2D eigenvalue weighted by Gasteiger charge is -2.05. The molecule has 0 radical (unpaired) electrons. The Balaban J connectivity index is 1.91. The van der Waals surface area contributed by atoms with Gasteiger partial charge in [0.2, 0.25) is 0 Å². The van der Waals surface area contributed by atoms with E-state index in [0.29, 0.717) is 0 Å². The summed E-state index contributed by atoms with van der Waals surface area (Å²) in [6.45, 7) is 4.04. The van der Waals surface area contributed by atoms with E-state index in [-0.39, 0.29) is 0 Å². The van der Waals surface area contributed by atoms with Gasteiger partial charge >= 0.3 is 0 Å². The molecule has 1 saturated heterocycles. The highest BCUT2D eigenvalue weighted by molar-refractivity contribution is 5.53. The van der Waals surface area contributed by atoms with Crippen molar-refractivity contribution in [1.29, 1.82) is 0 Å². The average molecular weight is 190 g/mol.